The molecule has 26 heavy (non-hydrogen) atoms. The average Bonchev–Trinajstić information content (AvgIpc) is 2.60. The number of nitro benzene ring substituents is 1. The van der Waals surface area contributed by atoms with Gasteiger partial charge in [-0.3, -0.25) is 15.1 Å². The van der Waals surface area contributed by atoms with Gasteiger partial charge in [-0.05, 0) is 12.1 Å². The molecule has 0 radical (unpaired) electrons. The summed E-state index contributed by atoms with van der Waals surface area (Å²) in [6, 6.07) is 9.65. The van der Waals surface area contributed by atoms with Crippen molar-refractivity contribution >= 4 is 27.7 Å². The molecule has 10 heteroatoms. The third-order valence-corrected chi connectivity index (χ3v) is 4.33. The van der Waals surface area contributed by atoms with Gasteiger partial charge in [0.15, 0.2) is 12.4 Å². The van der Waals surface area contributed by atoms with Crippen molar-refractivity contribution in [3.8, 4) is 0 Å². The number of benzene rings is 1. The normalized spacial score (nSPS) is 11.6. The molecule has 0 saturated carbocycles. The lowest BCUT2D eigenvalue weighted by atomic mass is 10.3. The van der Waals surface area contributed by atoms with Crippen molar-refractivity contribution in [2.75, 3.05) is 17.8 Å². The number of aromatic nitrogens is 1. The van der Waals surface area contributed by atoms with Crippen molar-refractivity contribution in [3.05, 3.63) is 64.5 Å². The fourth-order valence-electron chi connectivity index (χ4n) is 2.14. The Kier molecular flexibility index (Phi) is 6.36. The number of anilines is 1. The number of nitro groups is 1. The van der Waals surface area contributed by atoms with Crippen LogP contribution in [-0.4, -0.2) is 36.9 Å². The van der Waals surface area contributed by atoms with Gasteiger partial charge in [-0.15, -0.1) is 0 Å². The highest BCUT2D eigenvalue weighted by Crippen LogP contribution is 2.18. The monoisotopic (exact) mass is 378 g/mol. The zero-order valence-corrected chi connectivity index (χ0v) is 14.9. The van der Waals surface area contributed by atoms with Crippen molar-refractivity contribution in [3.63, 3.8) is 0 Å². The van der Waals surface area contributed by atoms with Crippen LogP contribution in [0.25, 0.3) is 0 Å². The second-order valence-corrected chi connectivity index (χ2v) is 7.05. The van der Waals surface area contributed by atoms with Gasteiger partial charge in [-0.2, -0.15) is 5.10 Å². The van der Waals surface area contributed by atoms with E-state index in [4.69, 9.17) is 0 Å². The first-order valence-electron chi connectivity index (χ1n) is 7.69. The Morgan fingerprint density at radius 3 is 2.35 bits per heavy atom. The molecule has 0 aliphatic heterocycles. The number of rotatable bonds is 8. The highest BCUT2D eigenvalue weighted by molar-refractivity contribution is 7.85. The molecule has 0 fully saturated rings. The molecule has 2 rings (SSSR count). The fourth-order valence-corrected chi connectivity index (χ4v) is 2.62. The fraction of sp³-hybridized carbons (Fsp3) is 0.250. The van der Waals surface area contributed by atoms with Crippen LogP contribution in [0.1, 0.15) is 12.0 Å². The van der Waals surface area contributed by atoms with Crippen molar-refractivity contribution in [1.29, 1.82) is 0 Å². The largest absolute Gasteiger partial charge is 0.748 e. The van der Waals surface area contributed by atoms with E-state index < -0.39 is 15.0 Å². The van der Waals surface area contributed by atoms with Crippen LogP contribution in [0.5, 0.6) is 0 Å². The maximum atomic E-state index is 10.7. The molecule has 1 aromatic heterocycles. The third-order valence-electron chi connectivity index (χ3n) is 3.54. The van der Waals surface area contributed by atoms with Gasteiger partial charge < -0.3 is 4.55 Å². The summed E-state index contributed by atoms with van der Waals surface area (Å²) in [5, 5.41) is 16.5. The van der Waals surface area contributed by atoms with Gasteiger partial charge in [0, 0.05) is 49.1 Å². The molecule has 2 aromatic rings. The summed E-state index contributed by atoms with van der Waals surface area (Å²) in [6.45, 7) is 0.432. The predicted molar refractivity (Wildman–Crippen MR) is 94.9 cm³/mol. The lowest BCUT2D eigenvalue weighted by Crippen LogP contribution is -2.33. The molecule has 1 aromatic carbocycles. The zero-order chi connectivity index (χ0) is 19.2. The third kappa shape index (κ3) is 6.22. The van der Waals surface area contributed by atoms with E-state index in [0.29, 0.717) is 12.2 Å². The molecule has 0 saturated heterocycles. The molecule has 0 N–H and O–H groups in total. The van der Waals surface area contributed by atoms with Crippen LogP contribution in [0.4, 0.5) is 11.4 Å². The molecule has 9 nitrogen and oxygen atoms in total. The molecule has 0 atom stereocenters. The first-order valence-corrected chi connectivity index (χ1v) is 9.27. The molecule has 0 amide bonds. The summed E-state index contributed by atoms with van der Waals surface area (Å²) in [6.07, 6.45) is 5.43. The lowest BCUT2D eigenvalue weighted by molar-refractivity contribution is -0.696. The van der Waals surface area contributed by atoms with Crippen molar-refractivity contribution in [2.24, 2.45) is 5.10 Å². The SMILES string of the molecule is CN(/N=C/c1cc[n+](CCCS(=O)(=O)[O-])cc1)c1ccc([N+](=O)[O-])cc1. The molecule has 1 heterocycles. The van der Waals surface area contributed by atoms with E-state index in [-0.39, 0.29) is 17.9 Å². The molecule has 0 bridgehead atoms. The summed E-state index contributed by atoms with van der Waals surface area (Å²) >= 11 is 0. The van der Waals surface area contributed by atoms with E-state index in [1.165, 1.54) is 12.1 Å². The molecular weight excluding hydrogens is 360 g/mol. The lowest BCUT2D eigenvalue weighted by Gasteiger charge is -2.12. The van der Waals surface area contributed by atoms with Crippen LogP contribution in [0.3, 0.4) is 0 Å². The predicted octanol–water partition coefficient (Wildman–Crippen LogP) is 1.29. The van der Waals surface area contributed by atoms with Gasteiger partial charge in [0.25, 0.3) is 5.69 Å². The Morgan fingerprint density at radius 1 is 1.19 bits per heavy atom. The van der Waals surface area contributed by atoms with Crippen LogP contribution in [0.15, 0.2) is 53.9 Å². The molecule has 0 aliphatic carbocycles. The Bertz CT molecular complexity index is 880. The van der Waals surface area contributed by atoms with Crippen LogP contribution in [-0.2, 0) is 16.7 Å². The van der Waals surface area contributed by atoms with E-state index in [9.17, 15) is 23.1 Å². The Hall–Kier alpha value is -2.85. The van der Waals surface area contributed by atoms with Crippen LogP contribution >= 0.6 is 0 Å². The summed E-state index contributed by atoms with van der Waals surface area (Å²) in [7, 11) is -2.46. The first-order chi connectivity index (χ1) is 12.2. The van der Waals surface area contributed by atoms with E-state index in [1.807, 2.05) is 0 Å². The van der Waals surface area contributed by atoms with Gasteiger partial charge in [-0.25, -0.2) is 13.0 Å². The topological polar surface area (TPSA) is 120 Å². The molecule has 138 valence electrons. The number of hydrogen-bond acceptors (Lipinski definition) is 7. The second kappa shape index (κ2) is 8.50. The summed E-state index contributed by atoms with van der Waals surface area (Å²) in [5.74, 6) is -0.386. The van der Waals surface area contributed by atoms with Gasteiger partial charge in [0.05, 0.1) is 26.9 Å². The van der Waals surface area contributed by atoms with Gasteiger partial charge in [0.2, 0.25) is 0 Å². The quantitative estimate of drug-likeness (QED) is 0.224. The van der Waals surface area contributed by atoms with E-state index in [0.717, 1.165) is 5.56 Å². The Labute approximate surface area is 151 Å². The highest BCUT2D eigenvalue weighted by Gasteiger charge is 2.06. The van der Waals surface area contributed by atoms with Gasteiger partial charge >= 0.3 is 0 Å². The van der Waals surface area contributed by atoms with Gasteiger partial charge in [-0.1, -0.05) is 0 Å². The molecule has 0 aliphatic rings. The van der Waals surface area contributed by atoms with E-state index in [2.05, 4.69) is 5.10 Å². The minimum Gasteiger partial charge on any atom is -0.748 e. The summed E-state index contributed by atoms with van der Waals surface area (Å²) in [4.78, 5) is 10.2. The van der Waals surface area contributed by atoms with Crippen molar-refractivity contribution in [2.45, 2.75) is 13.0 Å². The number of nitrogens with zero attached hydrogens (tertiary/aromatic N) is 4. The summed E-state index contributed by atoms with van der Waals surface area (Å²) < 4.78 is 33.5. The number of pyridine rings is 1. The van der Waals surface area contributed by atoms with Crippen LogP contribution in [0.2, 0.25) is 0 Å². The minimum absolute atomic E-state index is 0.0172. The maximum absolute atomic E-state index is 10.7. The second-order valence-electron chi connectivity index (χ2n) is 5.53. The molecular formula is C16H18N4O5S. The summed E-state index contributed by atoms with van der Waals surface area (Å²) in [5.41, 5.74) is 1.55. The number of aryl methyl sites for hydroxylation is 1. The minimum atomic E-state index is -4.18. The molecule has 0 spiro atoms. The van der Waals surface area contributed by atoms with Crippen LogP contribution < -0.4 is 9.58 Å². The first kappa shape index (κ1) is 19.5. The number of hydrazone groups is 1. The van der Waals surface area contributed by atoms with Crippen LogP contribution in [0, 0.1) is 10.1 Å². The standard InChI is InChI=1S/C16H18N4O5S/c1-18(15-3-5-16(6-4-15)20(21)22)17-13-14-7-10-19(11-8-14)9-2-12-26(23,24)25/h3-8,10-11,13H,2,9,12H2,1H3. The average molecular weight is 378 g/mol. The smallest absolute Gasteiger partial charge is 0.269 e. The Morgan fingerprint density at radius 2 is 1.81 bits per heavy atom. The maximum Gasteiger partial charge on any atom is 0.269 e. The van der Waals surface area contributed by atoms with Gasteiger partial charge in [0.1, 0.15) is 6.54 Å². The van der Waals surface area contributed by atoms with Crippen molar-refractivity contribution in [1.82, 2.24) is 0 Å². The zero-order valence-electron chi connectivity index (χ0n) is 14.1. The van der Waals surface area contributed by atoms with E-state index in [1.54, 1.807) is 59.5 Å². The number of non-ortho nitro benzene ring substituents is 1. The van der Waals surface area contributed by atoms with E-state index >= 15 is 0 Å². The molecule has 0 unspecified atom stereocenters. The van der Waals surface area contributed by atoms with Crippen molar-refractivity contribution < 1.29 is 22.5 Å². The number of hydrogen-bond donors (Lipinski definition) is 0. The Balaban J connectivity index is 1.93. The highest BCUT2D eigenvalue weighted by atomic mass is 32.2.